The average molecular weight is 415 g/mol. The lowest BCUT2D eigenvalue weighted by Gasteiger charge is -2.12. The second-order valence-electron chi connectivity index (χ2n) is 4.44. The van der Waals surface area contributed by atoms with Crippen molar-refractivity contribution in [3.8, 4) is 11.5 Å². The van der Waals surface area contributed by atoms with E-state index in [-0.39, 0.29) is 0 Å². The summed E-state index contributed by atoms with van der Waals surface area (Å²) in [7, 11) is 0. The van der Waals surface area contributed by atoms with Crippen LogP contribution in [0.2, 0.25) is 0 Å². The fourth-order valence-electron chi connectivity index (χ4n) is 1.88. The lowest BCUT2D eigenvalue weighted by atomic mass is 10.1. The third-order valence-electron chi connectivity index (χ3n) is 2.86. The molecular weight excluding hydrogens is 398 g/mol. The Kier molecular flexibility index (Phi) is 6.54. The van der Waals surface area contributed by atoms with Gasteiger partial charge in [0.25, 0.3) is 0 Å². The Labute approximate surface area is 141 Å². The molecule has 3 nitrogen and oxygen atoms in total. The molecule has 0 atom stereocenters. The highest BCUT2D eigenvalue weighted by Crippen LogP contribution is 2.23. The monoisotopic (exact) mass is 413 g/mol. The van der Waals surface area contributed by atoms with E-state index >= 15 is 0 Å². The second kappa shape index (κ2) is 8.41. The molecule has 0 aliphatic rings. The quantitative estimate of drug-likeness (QED) is 0.691. The van der Waals surface area contributed by atoms with Gasteiger partial charge in [-0.15, -0.1) is 0 Å². The van der Waals surface area contributed by atoms with Gasteiger partial charge < -0.3 is 15.2 Å². The highest BCUT2D eigenvalue weighted by Gasteiger charge is 2.04. The predicted octanol–water partition coefficient (Wildman–Crippen LogP) is 4.17. The van der Waals surface area contributed by atoms with Gasteiger partial charge in [0.1, 0.15) is 24.7 Å². The van der Waals surface area contributed by atoms with Crippen molar-refractivity contribution in [2.75, 3.05) is 19.8 Å². The molecule has 2 rings (SSSR count). The molecular formula is C16H17Br2NO2. The molecule has 0 spiro atoms. The highest BCUT2D eigenvalue weighted by atomic mass is 79.9. The maximum absolute atomic E-state index is 5.78. The Morgan fingerprint density at radius 1 is 0.857 bits per heavy atom. The molecule has 0 radical (unpaired) electrons. The molecule has 0 saturated heterocycles. The van der Waals surface area contributed by atoms with Crippen molar-refractivity contribution in [2.24, 2.45) is 5.73 Å². The van der Waals surface area contributed by atoms with Crippen molar-refractivity contribution in [2.45, 2.75) is 6.42 Å². The summed E-state index contributed by atoms with van der Waals surface area (Å²) >= 11 is 6.85. The summed E-state index contributed by atoms with van der Waals surface area (Å²) in [6, 6.07) is 13.7. The molecule has 0 aromatic heterocycles. The molecule has 112 valence electrons. The fraction of sp³-hybridized carbons (Fsp3) is 0.250. The van der Waals surface area contributed by atoms with Crippen LogP contribution in [0.4, 0.5) is 0 Å². The molecule has 2 N–H and O–H groups in total. The minimum Gasteiger partial charge on any atom is -0.490 e. The molecule has 0 aliphatic carbocycles. The molecule has 0 fully saturated rings. The van der Waals surface area contributed by atoms with E-state index in [2.05, 4.69) is 31.9 Å². The van der Waals surface area contributed by atoms with Crippen LogP contribution in [0.25, 0.3) is 0 Å². The largest absolute Gasteiger partial charge is 0.490 e. The third kappa shape index (κ3) is 5.34. The van der Waals surface area contributed by atoms with Crippen LogP contribution in [0.15, 0.2) is 51.4 Å². The summed E-state index contributed by atoms with van der Waals surface area (Å²) in [5.74, 6) is 1.70. The number of hydrogen-bond acceptors (Lipinski definition) is 3. The minimum atomic E-state index is 0.495. The van der Waals surface area contributed by atoms with Crippen molar-refractivity contribution >= 4 is 31.9 Å². The van der Waals surface area contributed by atoms with Gasteiger partial charge in [0.2, 0.25) is 0 Å². The average Bonchev–Trinajstić information content (AvgIpc) is 2.48. The van der Waals surface area contributed by atoms with Gasteiger partial charge in [0.05, 0.1) is 0 Å². The number of benzene rings is 2. The number of ether oxygens (including phenoxy) is 2. The third-order valence-corrected chi connectivity index (χ3v) is 3.88. The molecule has 0 amide bonds. The van der Waals surface area contributed by atoms with Crippen LogP contribution >= 0.6 is 31.9 Å². The lowest BCUT2D eigenvalue weighted by Crippen LogP contribution is -2.11. The van der Waals surface area contributed by atoms with Crippen molar-refractivity contribution < 1.29 is 9.47 Å². The molecule has 0 saturated carbocycles. The Balaban J connectivity index is 1.84. The van der Waals surface area contributed by atoms with Crippen LogP contribution in [0.1, 0.15) is 5.56 Å². The van der Waals surface area contributed by atoms with E-state index in [9.17, 15) is 0 Å². The zero-order valence-corrected chi connectivity index (χ0v) is 14.7. The first kappa shape index (κ1) is 16.3. The van der Waals surface area contributed by atoms with E-state index in [4.69, 9.17) is 15.2 Å². The van der Waals surface area contributed by atoms with E-state index in [1.807, 2.05) is 42.5 Å². The molecule has 0 heterocycles. The molecule has 5 heteroatoms. The zero-order valence-electron chi connectivity index (χ0n) is 11.5. The van der Waals surface area contributed by atoms with E-state index in [1.165, 1.54) is 0 Å². The van der Waals surface area contributed by atoms with E-state index < -0.39 is 0 Å². The first-order valence-corrected chi connectivity index (χ1v) is 8.27. The van der Waals surface area contributed by atoms with Gasteiger partial charge in [-0.05, 0) is 61.0 Å². The maximum Gasteiger partial charge on any atom is 0.122 e. The summed E-state index contributed by atoms with van der Waals surface area (Å²) in [6.45, 7) is 1.59. The SMILES string of the molecule is NCCc1cc(Br)ccc1OCCOc1ccc(Br)cc1. The lowest BCUT2D eigenvalue weighted by molar-refractivity contribution is 0.216. The molecule has 0 aliphatic heterocycles. The number of rotatable bonds is 7. The Bertz CT molecular complexity index is 573. The first-order valence-electron chi connectivity index (χ1n) is 6.68. The van der Waals surface area contributed by atoms with Gasteiger partial charge in [-0.1, -0.05) is 31.9 Å². The van der Waals surface area contributed by atoms with Gasteiger partial charge in [-0.3, -0.25) is 0 Å². The molecule has 0 unspecified atom stereocenters. The van der Waals surface area contributed by atoms with Crippen LogP contribution < -0.4 is 15.2 Å². The highest BCUT2D eigenvalue weighted by molar-refractivity contribution is 9.10. The van der Waals surface area contributed by atoms with Crippen LogP contribution in [-0.2, 0) is 6.42 Å². The van der Waals surface area contributed by atoms with Gasteiger partial charge in [0.15, 0.2) is 0 Å². The normalized spacial score (nSPS) is 10.4. The molecule has 2 aromatic rings. The second-order valence-corrected chi connectivity index (χ2v) is 6.27. The number of nitrogens with two attached hydrogens (primary N) is 1. The Hall–Kier alpha value is -1.04. The standard InChI is InChI=1S/C16H17Br2NO2/c17-13-1-4-15(5-2-13)20-9-10-21-16-6-3-14(18)11-12(16)7-8-19/h1-6,11H,7-10,19H2. The smallest absolute Gasteiger partial charge is 0.122 e. The van der Waals surface area contributed by atoms with E-state index in [0.29, 0.717) is 19.8 Å². The summed E-state index contributed by atoms with van der Waals surface area (Å²) in [5.41, 5.74) is 6.73. The van der Waals surface area contributed by atoms with Crippen LogP contribution in [-0.4, -0.2) is 19.8 Å². The molecule has 0 bridgehead atoms. The topological polar surface area (TPSA) is 44.5 Å². The Morgan fingerprint density at radius 3 is 2.24 bits per heavy atom. The van der Waals surface area contributed by atoms with Crippen molar-refractivity contribution in [3.63, 3.8) is 0 Å². The predicted molar refractivity (Wildman–Crippen MR) is 92.0 cm³/mol. The van der Waals surface area contributed by atoms with Gasteiger partial charge >= 0.3 is 0 Å². The maximum atomic E-state index is 5.78. The van der Waals surface area contributed by atoms with Gasteiger partial charge in [-0.2, -0.15) is 0 Å². The van der Waals surface area contributed by atoms with Gasteiger partial charge in [0, 0.05) is 8.95 Å². The van der Waals surface area contributed by atoms with Crippen molar-refractivity contribution in [1.29, 1.82) is 0 Å². The van der Waals surface area contributed by atoms with Crippen LogP contribution in [0.5, 0.6) is 11.5 Å². The number of hydrogen-bond donors (Lipinski definition) is 1. The van der Waals surface area contributed by atoms with Crippen LogP contribution in [0.3, 0.4) is 0 Å². The summed E-state index contributed by atoms with van der Waals surface area (Å²) < 4.78 is 13.5. The van der Waals surface area contributed by atoms with Crippen molar-refractivity contribution in [1.82, 2.24) is 0 Å². The van der Waals surface area contributed by atoms with Gasteiger partial charge in [-0.25, -0.2) is 0 Å². The summed E-state index contributed by atoms with van der Waals surface area (Å²) in [4.78, 5) is 0. The van der Waals surface area contributed by atoms with Crippen LogP contribution in [0, 0.1) is 0 Å². The van der Waals surface area contributed by atoms with E-state index in [0.717, 1.165) is 32.4 Å². The number of halogens is 2. The first-order chi connectivity index (χ1) is 10.2. The van der Waals surface area contributed by atoms with Crippen molar-refractivity contribution in [3.05, 3.63) is 57.0 Å². The van der Waals surface area contributed by atoms with E-state index in [1.54, 1.807) is 0 Å². The molecule has 2 aromatic carbocycles. The Morgan fingerprint density at radius 2 is 1.52 bits per heavy atom. The molecule has 21 heavy (non-hydrogen) atoms. The summed E-state index contributed by atoms with van der Waals surface area (Å²) in [5, 5.41) is 0. The minimum absolute atomic E-state index is 0.495. The summed E-state index contributed by atoms with van der Waals surface area (Å²) in [6.07, 6.45) is 0.794. The fourth-order valence-corrected chi connectivity index (χ4v) is 2.55. The zero-order chi connectivity index (χ0) is 15.1.